The standard InChI is InChI=1S/C7H12F4N2S/c1-4(2)13-6(14)12-3-7(10,11)5(8)9/h4-5H,3H2,1-2H3,(H2,12,13,14). The molecule has 14 heavy (non-hydrogen) atoms. The molecule has 0 aliphatic heterocycles. The van der Waals surface area contributed by atoms with E-state index in [2.05, 4.69) is 17.5 Å². The van der Waals surface area contributed by atoms with Crippen molar-refractivity contribution in [3.8, 4) is 0 Å². The summed E-state index contributed by atoms with van der Waals surface area (Å²) in [6.07, 6.45) is -3.68. The third-order valence-corrected chi connectivity index (χ3v) is 1.49. The summed E-state index contributed by atoms with van der Waals surface area (Å²) >= 11 is 4.58. The lowest BCUT2D eigenvalue weighted by molar-refractivity contribution is -0.122. The van der Waals surface area contributed by atoms with E-state index in [-0.39, 0.29) is 11.2 Å². The summed E-state index contributed by atoms with van der Waals surface area (Å²) in [6, 6.07) is -0.0322. The third kappa shape index (κ3) is 5.21. The largest absolute Gasteiger partial charge is 0.361 e. The molecule has 0 spiro atoms. The van der Waals surface area contributed by atoms with Crippen LogP contribution < -0.4 is 10.6 Å². The van der Waals surface area contributed by atoms with E-state index in [4.69, 9.17) is 0 Å². The Morgan fingerprint density at radius 3 is 2.21 bits per heavy atom. The lowest BCUT2D eigenvalue weighted by Gasteiger charge is -2.18. The van der Waals surface area contributed by atoms with E-state index in [0.717, 1.165) is 0 Å². The highest BCUT2D eigenvalue weighted by molar-refractivity contribution is 7.80. The highest BCUT2D eigenvalue weighted by Gasteiger charge is 2.40. The van der Waals surface area contributed by atoms with Gasteiger partial charge < -0.3 is 10.6 Å². The lowest BCUT2D eigenvalue weighted by Crippen LogP contribution is -2.46. The van der Waals surface area contributed by atoms with Crippen LogP contribution in [0.4, 0.5) is 17.6 Å². The van der Waals surface area contributed by atoms with Gasteiger partial charge in [0.1, 0.15) is 0 Å². The van der Waals surface area contributed by atoms with Crippen molar-refractivity contribution >= 4 is 17.3 Å². The number of nitrogens with one attached hydrogen (secondary N) is 2. The van der Waals surface area contributed by atoms with Crippen molar-refractivity contribution in [2.24, 2.45) is 0 Å². The molecule has 0 aromatic heterocycles. The van der Waals surface area contributed by atoms with Crippen molar-refractivity contribution in [2.75, 3.05) is 6.54 Å². The minimum absolute atomic E-state index is 0.0322. The van der Waals surface area contributed by atoms with E-state index in [0.29, 0.717) is 0 Å². The average Bonchev–Trinajstić information content (AvgIpc) is 1.99. The number of thiocarbonyl (C=S) groups is 1. The van der Waals surface area contributed by atoms with Gasteiger partial charge in [-0.3, -0.25) is 0 Å². The minimum atomic E-state index is -4.05. The van der Waals surface area contributed by atoms with Gasteiger partial charge in [-0.2, -0.15) is 8.78 Å². The third-order valence-electron chi connectivity index (χ3n) is 1.22. The first kappa shape index (κ1) is 13.4. The molecule has 2 N–H and O–H groups in total. The second-order valence-corrected chi connectivity index (χ2v) is 3.45. The van der Waals surface area contributed by atoms with Crippen LogP contribution in [0, 0.1) is 0 Å². The maximum Gasteiger partial charge on any atom is 0.324 e. The summed E-state index contributed by atoms with van der Waals surface area (Å²) in [5.41, 5.74) is 0. The SMILES string of the molecule is CC(C)NC(=S)NCC(F)(F)C(F)F. The van der Waals surface area contributed by atoms with Gasteiger partial charge in [0.15, 0.2) is 5.11 Å². The Labute approximate surface area is 85.0 Å². The molecule has 0 aliphatic carbocycles. The van der Waals surface area contributed by atoms with Gasteiger partial charge >= 0.3 is 12.3 Å². The van der Waals surface area contributed by atoms with Gasteiger partial charge in [-0.05, 0) is 26.1 Å². The van der Waals surface area contributed by atoms with Gasteiger partial charge in [-0.15, -0.1) is 0 Å². The van der Waals surface area contributed by atoms with Crippen molar-refractivity contribution in [3.05, 3.63) is 0 Å². The van der Waals surface area contributed by atoms with Crippen LogP contribution in [0.2, 0.25) is 0 Å². The lowest BCUT2D eigenvalue weighted by atomic mass is 10.3. The molecular weight excluding hydrogens is 220 g/mol. The Kier molecular flexibility index (Phi) is 5.11. The van der Waals surface area contributed by atoms with Crippen molar-refractivity contribution in [1.82, 2.24) is 10.6 Å². The first-order chi connectivity index (χ1) is 6.25. The van der Waals surface area contributed by atoms with E-state index in [1.807, 2.05) is 5.32 Å². The predicted molar refractivity (Wildman–Crippen MR) is 49.8 cm³/mol. The molecule has 0 fully saturated rings. The number of hydrogen-bond acceptors (Lipinski definition) is 1. The van der Waals surface area contributed by atoms with Crippen molar-refractivity contribution in [3.63, 3.8) is 0 Å². The van der Waals surface area contributed by atoms with Crippen LogP contribution in [-0.2, 0) is 0 Å². The number of alkyl halides is 4. The van der Waals surface area contributed by atoms with E-state index in [1.165, 1.54) is 0 Å². The maximum absolute atomic E-state index is 12.3. The fourth-order valence-corrected chi connectivity index (χ4v) is 0.896. The summed E-state index contributed by atoms with van der Waals surface area (Å²) in [5.74, 6) is -4.05. The molecule has 7 heteroatoms. The molecular formula is C7H12F4N2S. The molecule has 0 bridgehead atoms. The fourth-order valence-electron chi connectivity index (χ4n) is 0.588. The predicted octanol–water partition coefficient (Wildman–Crippen LogP) is 1.76. The van der Waals surface area contributed by atoms with Crippen LogP contribution in [0.3, 0.4) is 0 Å². The normalized spacial score (nSPS) is 12.0. The van der Waals surface area contributed by atoms with Gasteiger partial charge in [0, 0.05) is 6.04 Å². The maximum atomic E-state index is 12.3. The van der Waals surface area contributed by atoms with Crippen molar-refractivity contribution < 1.29 is 17.6 Å². The zero-order valence-electron chi connectivity index (χ0n) is 7.78. The smallest absolute Gasteiger partial charge is 0.324 e. The van der Waals surface area contributed by atoms with Crippen LogP contribution in [0.1, 0.15) is 13.8 Å². The molecule has 2 nitrogen and oxygen atoms in total. The second kappa shape index (κ2) is 5.33. The van der Waals surface area contributed by atoms with Gasteiger partial charge in [0.05, 0.1) is 6.54 Å². The van der Waals surface area contributed by atoms with Crippen molar-refractivity contribution in [1.29, 1.82) is 0 Å². The molecule has 84 valence electrons. The van der Waals surface area contributed by atoms with E-state index in [1.54, 1.807) is 13.8 Å². The summed E-state index contributed by atoms with van der Waals surface area (Å²) in [7, 11) is 0. The Morgan fingerprint density at radius 2 is 1.86 bits per heavy atom. The molecule has 0 aromatic carbocycles. The van der Waals surface area contributed by atoms with Crippen LogP contribution in [-0.4, -0.2) is 30.0 Å². The zero-order valence-corrected chi connectivity index (χ0v) is 8.60. The Balaban J connectivity index is 3.88. The number of hydrogen-bond donors (Lipinski definition) is 2. The summed E-state index contributed by atoms with van der Waals surface area (Å²) in [6.45, 7) is 2.34. The molecule has 0 aromatic rings. The zero-order chi connectivity index (χ0) is 11.4. The van der Waals surface area contributed by atoms with Crippen LogP contribution >= 0.6 is 12.2 Å². The van der Waals surface area contributed by atoms with E-state index < -0.39 is 18.9 Å². The first-order valence-electron chi connectivity index (χ1n) is 3.96. The topological polar surface area (TPSA) is 24.1 Å². The summed E-state index contributed by atoms with van der Waals surface area (Å²) in [4.78, 5) is 0. The van der Waals surface area contributed by atoms with Gasteiger partial charge in [0.2, 0.25) is 0 Å². The first-order valence-corrected chi connectivity index (χ1v) is 4.37. The van der Waals surface area contributed by atoms with Gasteiger partial charge in [-0.25, -0.2) is 8.78 Å². The number of halogens is 4. The van der Waals surface area contributed by atoms with Gasteiger partial charge in [0.25, 0.3) is 0 Å². The highest BCUT2D eigenvalue weighted by atomic mass is 32.1. The molecule has 0 heterocycles. The highest BCUT2D eigenvalue weighted by Crippen LogP contribution is 2.21. The molecule has 0 unspecified atom stereocenters. The van der Waals surface area contributed by atoms with Crippen LogP contribution in [0.15, 0.2) is 0 Å². The number of rotatable bonds is 4. The average molecular weight is 232 g/mol. The minimum Gasteiger partial charge on any atom is -0.361 e. The quantitative estimate of drug-likeness (QED) is 0.570. The van der Waals surface area contributed by atoms with E-state index >= 15 is 0 Å². The fraction of sp³-hybridized carbons (Fsp3) is 0.857. The van der Waals surface area contributed by atoms with Crippen molar-refractivity contribution in [2.45, 2.75) is 32.2 Å². The van der Waals surface area contributed by atoms with Crippen LogP contribution in [0.5, 0.6) is 0 Å². The van der Waals surface area contributed by atoms with Gasteiger partial charge in [-0.1, -0.05) is 0 Å². The summed E-state index contributed by atoms with van der Waals surface area (Å²) < 4.78 is 48.0. The van der Waals surface area contributed by atoms with E-state index in [9.17, 15) is 17.6 Å². The molecule has 0 saturated carbocycles. The molecule has 0 amide bonds. The Morgan fingerprint density at radius 1 is 1.36 bits per heavy atom. The second-order valence-electron chi connectivity index (χ2n) is 3.04. The molecule has 0 aliphatic rings. The Bertz CT molecular complexity index is 196. The monoisotopic (exact) mass is 232 g/mol. The Hall–Kier alpha value is -0.590. The van der Waals surface area contributed by atoms with Crippen LogP contribution in [0.25, 0.3) is 0 Å². The molecule has 0 rings (SSSR count). The molecule has 0 saturated heterocycles. The molecule has 0 radical (unpaired) electrons. The summed E-state index contributed by atoms with van der Waals surface area (Å²) in [5, 5.41) is 4.57. The molecule has 0 atom stereocenters.